The summed E-state index contributed by atoms with van der Waals surface area (Å²) in [6.45, 7) is 6.13. The summed E-state index contributed by atoms with van der Waals surface area (Å²) >= 11 is 3.39. The van der Waals surface area contributed by atoms with Gasteiger partial charge < -0.3 is 5.32 Å². The van der Waals surface area contributed by atoms with E-state index in [1.54, 1.807) is 22.7 Å². The number of carbonyl (C=O) groups is 1. The van der Waals surface area contributed by atoms with Crippen LogP contribution in [0.1, 0.15) is 36.6 Å². The van der Waals surface area contributed by atoms with Gasteiger partial charge in [0.15, 0.2) is 0 Å². The Morgan fingerprint density at radius 3 is 2.95 bits per heavy atom. The van der Waals surface area contributed by atoms with Crippen molar-refractivity contribution in [2.75, 3.05) is 0 Å². The van der Waals surface area contributed by atoms with E-state index >= 15 is 0 Å². The van der Waals surface area contributed by atoms with Gasteiger partial charge in [-0.05, 0) is 38.1 Å². The van der Waals surface area contributed by atoms with Crippen LogP contribution in [0.2, 0.25) is 0 Å². The van der Waals surface area contributed by atoms with Gasteiger partial charge in [-0.25, -0.2) is 4.98 Å². The van der Waals surface area contributed by atoms with Crippen LogP contribution in [-0.4, -0.2) is 16.9 Å². The number of rotatable bonds is 6. The highest BCUT2D eigenvalue weighted by Gasteiger charge is 2.14. The Kier molecular flexibility index (Phi) is 5.31. The Labute approximate surface area is 128 Å². The van der Waals surface area contributed by atoms with Gasteiger partial charge in [0.25, 0.3) is 0 Å². The molecule has 20 heavy (non-hydrogen) atoms. The van der Waals surface area contributed by atoms with Gasteiger partial charge in [-0.2, -0.15) is 0 Å². The lowest BCUT2D eigenvalue weighted by atomic mass is 10.2. The minimum atomic E-state index is 0.127. The lowest BCUT2D eigenvalue weighted by Gasteiger charge is -2.10. The largest absolute Gasteiger partial charge is 0.354 e. The van der Waals surface area contributed by atoms with E-state index in [0.29, 0.717) is 6.42 Å². The molecule has 0 spiro atoms. The van der Waals surface area contributed by atoms with Gasteiger partial charge in [-0.1, -0.05) is 13.0 Å². The number of amides is 1. The fraction of sp³-hybridized carbons (Fsp3) is 0.467. The smallest absolute Gasteiger partial charge is 0.220 e. The highest BCUT2D eigenvalue weighted by molar-refractivity contribution is 7.15. The van der Waals surface area contributed by atoms with Gasteiger partial charge in [-0.15, -0.1) is 22.7 Å². The Hall–Kier alpha value is -1.20. The Balaban J connectivity index is 2.02. The van der Waals surface area contributed by atoms with Crippen molar-refractivity contribution in [3.63, 3.8) is 0 Å². The molecule has 0 radical (unpaired) electrons. The standard InChI is InChI=1S/C15H20N2OS2/c1-4-10(2)16-14(18)8-7-13-15(17-11(3)20-13)12-6-5-9-19-12/h5-6,9-10H,4,7-8H2,1-3H3,(H,16,18). The van der Waals surface area contributed by atoms with Crippen LogP contribution in [0.4, 0.5) is 0 Å². The molecule has 1 amide bonds. The number of carbonyl (C=O) groups excluding carboxylic acids is 1. The van der Waals surface area contributed by atoms with Crippen molar-refractivity contribution >= 4 is 28.6 Å². The molecule has 2 aromatic rings. The summed E-state index contributed by atoms with van der Waals surface area (Å²) in [5.41, 5.74) is 1.05. The molecule has 3 nitrogen and oxygen atoms in total. The SMILES string of the molecule is CCC(C)NC(=O)CCc1sc(C)nc1-c1cccs1. The quantitative estimate of drug-likeness (QED) is 0.875. The molecule has 5 heteroatoms. The number of aryl methyl sites for hydroxylation is 2. The molecule has 1 unspecified atom stereocenters. The van der Waals surface area contributed by atoms with Gasteiger partial charge in [0, 0.05) is 17.3 Å². The van der Waals surface area contributed by atoms with Crippen LogP contribution in [0.3, 0.4) is 0 Å². The van der Waals surface area contributed by atoms with Crippen molar-refractivity contribution in [3.8, 4) is 10.6 Å². The summed E-state index contributed by atoms with van der Waals surface area (Å²) < 4.78 is 0. The van der Waals surface area contributed by atoms with Crippen LogP contribution in [0, 0.1) is 6.92 Å². The third kappa shape index (κ3) is 3.90. The number of thiophene rings is 1. The van der Waals surface area contributed by atoms with Crippen LogP contribution >= 0.6 is 22.7 Å². The summed E-state index contributed by atoms with van der Waals surface area (Å²) in [4.78, 5) is 18.9. The van der Waals surface area contributed by atoms with Gasteiger partial charge >= 0.3 is 0 Å². The van der Waals surface area contributed by atoms with E-state index in [1.165, 1.54) is 9.75 Å². The van der Waals surface area contributed by atoms with Crippen molar-refractivity contribution in [3.05, 3.63) is 27.4 Å². The minimum Gasteiger partial charge on any atom is -0.354 e. The molecule has 2 heterocycles. The van der Waals surface area contributed by atoms with E-state index in [1.807, 2.05) is 19.9 Å². The van der Waals surface area contributed by atoms with E-state index in [2.05, 4.69) is 28.7 Å². The first-order valence-corrected chi connectivity index (χ1v) is 8.59. The molecular weight excluding hydrogens is 288 g/mol. The molecule has 0 saturated heterocycles. The average Bonchev–Trinajstić information content (AvgIpc) is 3.05. The zero-order chi connectivity index (χ0) is 14.5. The van der Waals surface area contributed by atoms with Crippen LogP contribution in [-0.2, 0) is 11.2 Å². The Morgan fingerprint density at radius 1 is 1.50 bits per heavy atom. The topological polar surface area (TPSA) is 42.0 Å². The third-order valence-corrected chi connectivity index (χ3v) is 5.06. The molecule has 1 atom stereocenters. The zero-order valence-electron chi connectivity index (χ0n) is 12.1. The maximum absolute atomic E-state index is 11.9. The van der Waals surface area contributed by atoms with Crippen molar-refractivity contribution in [2.45, 2.75) is 46.1 Å². The highest BCUT2D eigenvalue weighted by atomic mass is 32.1. The molecule has 0 saturated carbocycles. The van der Waals surface area contributed by atoms with Crippen LogP contribution < -0.4 is 5.32 Å². The fourth-order valence-corrected chi connectivity index (χ4v) is 3.68. The van der Waals surface area contributed by atoms with Crippen LogP contribution in [0.5, 0.6) is 0 Å². The maximum Gasteiger partial charge on any atom is 0.220 e. The van der Waals surface area contributed by atoms with Crippen molar-refractivity contribution in [1.29, 1.82) is 0 Å². The molecule has 0 aliphatic heterocycles. The predicted molar refractivity (Wildman–Crippen MR) is 86.4 cm³/mol. The van der Waals surface area contributed by atoms with Crippen molar-refractivity contribution < 1.29 is 4.79 Å². The van der Waals surface area contributed by atoms with E-state index in [0.717, 1.165) is 23.5 Å². The fourth-order valence-electron chi connectivity index (χ4n) is 1.92. The second-order valence-corrected chi connectivity index (χ2v) is 7.09. The molecule has 2 aromatic heterocycles. The lowest BCUT2D eigenvalue weighted by molar-refractivity contribution is -0.121. The van der Waals surface area contributed by atoms with E-state index in [4.69, 9.17) is 0 Å². The number of nitrogens with one attached hydrogen (secondary N) is 1. The Morgan fingerprint density at radius 2 is 2.30 bits per heavy atom. The number of hydrogen-bond acceptors (Lipinski definition) is 4. The number of aromatic nitrogens is 1. The monoisotopic (exact) mass is 308 g/mol. The van der Waals surface area contributed by atoms with Crippen molar-refractivity contribution in [1.82, 2.24) is 10.3 Å². The first-order chi connectivity index (χ1) is 9.60. The summed E-state index contributed by atoms with van der Waals surface area (Å²) in [6.07, 6.45) is 2.26. The third-order valence-electron chi connectivity index (χ3n) is 3.16. The molecular formula is C15H20N2OS2. The second-order valence-electron chi connectivity index (χ2n) is 4.86. The van der Waals surface area contributed by atoms with Gasteiger partial charge in [0.1, 0.15) is 0 Å². The average molecular weight is 308 g/mol. The summed E-state index contributed by atoms with van der Waals surface area (Å²) in [7, 11) is 0. The summed E-state index contributed by atoms with van der Waals surface area (Å²) in [5, 5.41) is 6.13. The van der Waals surface area contributed by atoms with Gasteiger partial charge in [0.05, 0.1) is 15.6 Å². The normalized spacial score (nSPS) is 12.3. The number of thiazole rings is 1. The summed E-state index contributed by atoms with van der Waals surface area (Å²) in [5.74, 6) is 0.127. The first-order valence-electron chi connectivity index (χ1n) is 6.89. The zero-order valence-corrected chi connectivity index (χ0v) is 13.7. The van der Waals surface area contributed by atoms with E-state index < -0.39 is 0 Å². The number of nitrogens with zero attached hydrogens (tertiary/aromatic N) is 1. The number of hydrogen-bond donors (Lipinski definition) is 1. The van der Waals surface area contributed by atoms with E-state index in [-0.39, 0.29) is 11.9 Å². The Bertz CT molecular complexity index is 560. The van der Waals surface area contributed by atoms with Gasteiger partial charge in [-0.3, -0.25) is 4.79 Å². The van der Waals surface area contributed by atoms with Crippen LogP contribution in [0.25, 0.3) is 10.6 Å². The molecule has 0 bridgehead atoms. The molecule has 2 rings (SSSR count). The molecule has 0 aliphatic rings. The molecule has 0 aromatic carbocycles. The molecule has 0 aliphatic carbocycles. The summed E-state index contributed by atoms with van der Waals surface area (Å²) in [6, 6.07) is 4.37. The van der Waals surface area contributed by atoms with Gasteiger partial charge in [0.2, 0.25) is 5.91 Å². The first kappa shape index (κ1) is 15.2. The predicted octanol–water partition coefficient (Wildman–Crippen LogP) is 4.03. The van der Waals surface area contributed by atoms with Crippen molar-refractivity contribution in [2.24, 2.45) is 0 Å². The molecule has 1 N–H and O–H groups in total. The maximum atomic E-state index is 11.9. The van der Waals surface area contributed by atoms with Crippen LogP contribution in [0.15, 0.2) is 17.5 Å². The second kappa shape index (κ2) is 6.99. The molecule has 0 fully saturated rings. The molecule has 108 valence electrons. The minimum absolute atomic E-state index is 0.127. The van der Waals surface area contributed by atoms with E-state index in [9.17, 15) is 4.79 Å². The highest BCUT2D eigenvalue weighted by Crippen LogP contribution is 2.31. The lowest BCUT2D eigenvalue weighted by Crippen LogP contribution is -2.31.